The molecule has 0 atom stereocenters. The number of nitrogens with one attached hydrogen (secondary N) is 2. The van der Waals surface area contributed by atoms with Crippen LogP contribution in [0.1, 0.15) is 5.56 Å². The first kappa shape index (κ1) is 19.3. The van der Waals surface area contributed by atoms with E-state index in [-0.39, 0.29) is 0 Å². The fourth-order valence-electron chi connectivity index (χ4n) is 3.61. The van der Waals surface area contributed by atoms with Crippen molar-refractivity contribution in [1.29, 1.82) is 0 Å². The van der Waals surface area contributed by atoms with E-state index < -0.39 is 0 Å². The Morgan fingerprint density at radius 2 is 1.71 bits per heavy atom. The van der Waals surface area contributed by atoms with Crippen molar-refractivity contribution in [2.45, 2.75) is 6.92 Å². The second kappa shape index (κ2) is 8.19. The Labute approximate surface area is 180 Å². The first-order valence-corrected chi connectivity index (χ1v) is 10.3. The van der Waals surface area contributed by atoms with E-state index in [0.29, 0.717) is 5.95 Å². The molecule has 5 rings (SSSR count). The number of fused-ring (bicyclic) bond motifs is 1. The molecule has 4 aromatic heterocycles. The molecule has 2 N–H and O–H groups in total. The van der Waals surface area contributed by atoms with Crippen molar-refractivity contribution in [1.82, 2.24) is 29.2 Å². The number of imidazole rings is 1. The molecule has 158 valence electrons. The van der Waals surface area contributed by atoms with E-state index >= 15 is 0 Å². The maximum atomic E-state index is 4.78. The molecule has 0 bridgehead atoms. The normalized spacial score (nSPS) is 14.7. The van der Waals surface area contributed by atoms with E-state index in [4.69, 9.17) is 9.97 Å². The lowest BCUT2D eigenvalue weighted by atomic mass is 10.3. The van der Waals surface area contributed by atoms with Gasteiger partial charge in [0.15, 0.2) is 0 Å². The number of aromatic nitrogens is 5. The van der Waals surface area contributed by atoms with Crippen LogP contribution in [0.15, 0.2) is 55.1 Å². The van der Waals surface area contributed by atoms with Crippen molar-refractivity contribution >= 4 is 34.7 Å². The minimum absolute atomic E-state index is 0.513. The van der Waals surface area contributed by atoms with Gasteiger partial charge in [-0.15, -0.1) is 0 Å². The fraction of sp³-hybridized carbons (Fsp3) is 0.273. The summed E-state index contributed by atoms with van der Waals surface area (Å²) < 4.78 is 1.97. The number of hydrogen-bond acceptors (Lipinski definition) is 8. The molecule has 4 aromatic rings. The molecule has 0 radical (unpaired) electrons. The Morgan fingerprint density at radius 3 is 2.55 bits per heavy atom. The SMILES string of the molecule is Cc1ccnc(Nc2nc(Nc3ccn4ccnc4c3)cc(N3CCN(C)CC3)n2)c1. The van der Waals surface area contributed by atoms with Crippen LogP contribution in [-0.4, -0.2) is 62.5 Å². The molecule has 5 heterocycles. The summed E-state index contributed by atoms with van der Waals surface area (Å²) in [5.74, 6) is 2.84. The topological polar surface area (TPSA) is 86.5 Å². The van der Waals surface area contributed by atoms with Gasteiger partial charge in [0.1, 0.15) is 23.1 Å². The Bertz CT molecular complexity index is 1190. The number of rotatable bonds is 5. The van der Waals surface area contributed by atoms with E-state index in [1.54, 1.807) is 12.4 Å². The zero-order chi connectivity index (χ0) is 21.2. The van der Waals surface area contributed by atoms with Crippen LogP contribution in [0.4, 0.5) is 29.1 Å². The molecule has 1 saturated heterocycles. The molecule has 0 spiro atoms. The van der Waals surface area contributed by atoms with Gasteiger partial charge in [0.25, 0.3) is 0 Å². The average Bonchev–Trinajstić information content (AvgIpc) is 3.22. The van der Waals surface area contributed by atoms with Crippen molar-refractivity contribution in [3.05, 3.63) is 60.7 Å². The molecule has 0 aliphatic carbocycles. The molecule has 0 unspecified atom stereocenters. The number of likely N-dealkylation sites (N-methyl/N-ethyl adjacent to an activating group) is 1. The van der Waals surface area contributed by atoms with Crippen molar-refractivity contribution in [3.8, 4) is 0 Å². The van der Waals surface area contributed by atoms with Crippen LogP contribution in [0.25, 0.3) is 5.65 Å². The van der Waals surface area contributed by atoms with Gasteiger partial charge in [-0.3, -0.25) is 0 Å². The average molecular weight is 416 g/mol. The van der Waals surface area contributed by atoms with Crippen LogP contribution >= 0.6 is 0 Å². The van der Waals surface area contributed by atoms with Gasteiger partial charge < -0.3 is 24.8 Å². The number of piperazine rings is 1. The van der Waals surface area contributed by atoms with Crippen molar-refractivity contribution in [3.63, 3.8) is 0 Å². The Kier molecular flexibility index (Phi) is 5.09. The lowest BCUT2D eigenvalue weighted by Gasteiger charge is -2.33. The number of nitrogens with zero attached hydrogens (tertiary/aromatic N) is 7. The Balaban J connectivity index is 1.47. The lowest BCUT2D eigenvalue weighted by Crippen LogP contribution is -2.44. The van der Waals surface area contributed by atoms with Gasteiger partial charge in [0.2, 0.25) is 5.95 Å². The van der Waals surface area contributed by atoms with Gasteiger partial charge in [0.05, 0.1) is 0 Å². The second-order valence-corrected chi connectivity index (χ2v) is 7.80. The van der Waals surface area contributed by atoms with Crippen molar-refractivity contribution in [2.75, 3.05) is 48.8 Å². The second-order valence-electron chi connectivity index (χ2n) is 7.80. The molecule has 1 aliphatic heterocycles. The molecule has 1 fully saturated rings. The summed E-state index contributed by atoms with van der Waals surface area (Å²) in [4.78, 5) is 22.8. The summed E-state index contributed by atoms with van der Waals surface area (Å²) >= 11 is 0. The molecular weight excluding hydrogens is 390 g/mol. The third-order valence-electron chi connectivity index (χ3n) is 5.37. The standard InChI is InChI=1S/C22H25N9/c1-16-3-5-23-18(13-16)26-22-27-19(15-21(28-22)31-11-9-29(2)10-12-31)25-17-4-7-30-8-6-24-20(30)14-17/h3-8,13-15H,9-12H2,1-2H3,(H2,23,25,26,27,28). The van der Waals surface area contributed by atoms with E-state index in [0.717, 1.165) is 60.5 Å². The van der Waals surface area contributed by atoms with Crippen LogP contribution in [0.3, 0.4) is 0 Å². The van der Waals surface area contributed by atoms with Gasteiger partial charge in [-0.05, 0) is 37.7 Å². The smallest absolute Gasteiger partial charge is 0.232 e. The molecule has 0 aromatic carbocycles. The molecular formula is C22H25N9. The van der Waals surface area contributed by atoms with Gasteiger partial charge in [-0.25, -0.2) is 9.97 Å². The third kappa shape index (κ3) is 4.41. The summed E-state index contributed by atoms with van der Waals surface area (Å²) in [6, 6.07) is 9.93. The van der Waals surface area contributed by atoms with Crippen LogP contribution in [-0.2, 0) is 0 Å². The molecule has 31 heavy (non-hydrogen) atoms. The van der Waals surface area contributed by atoms with Gasteiger partial charge >= 0.3 is 0 Å². The molecule has 0 amide bonds. The molecule has 0 saturated carbocycles. The Hall–Kier alpha value is -3.72. The van der Waals surface area contributed by atoms with Crippen molar-refractivity contribution < 1.29 is 0 Å². The minimum Gasteiger partial charge on any atom is -0.354 e. The maximum absolute atomic E-state index is 4.78. The van der Waals surface area contributed by atoms with Gasteiger partial charge in [-0.1, -0.05) is 0 Å². The van der Waals surface area contributed by atoms with E-state index in [2.05, 4.69) is 37.4 Å². The predicted molar refractivity (Wildman–Crippen MR) is 122 cm³/mol. The highest BCUT2D eigenvalue weighted by atomic mass is 15.3. The summed E-state index contributed by atoms with van der Waals surface area (Å²) in [6.45, 7) is 5.90. The highest BCUT2D eigenvalue weighted by Gasteiger charge is 2.17. The summed E-state index contributed by atoms with van der Waals surface area (Å²) in [6.07, 6.45) is 7.46. The number of aryl methyl sites for hydroxylation is 1. The first-order valence-electron chi connectivity index (χ1n) is 10.3. The van der Waals surface area contributed by atoms with E-state index in [1.807, 2.05) is 54.0 Å². The monoisotopic (exact) mass is 415 g/mol. The van der Waals surface area contributed by atoms with Gasteiger partial charge in [-0.2, -0.15) is 9.97 Å². The van der Waals surface area contributed by atoms with Crippen LogP contribution in [0.5, 0.6) is 0 Å². The first-order chi connectivity index (χ1) is 15.1. The predicted octanol–water partition coefficient (Wildman–Crippen LogP) is 3.07. The van der Waals surface area contributed by atoms with Crippen molar-refractivity contribution in [2.24, 2.45) is 0 Å². The molecule has 1 aliphatic rings. The van der Waals surface area contributed by atoms with Crippen LogP contribution in [0.2, 0.25) is 0 Å². The number of pyridine rings is 2. The highest BCUT2D eigenvalue weighted by Crippen LogP contribution is 2.24. The van der Waals surface area contributed by atoms with E-state index in [9.17, 15) is 0 Å². The third-order valence-corrected chi connectivity index (χ3v) is 5.37. The Morgan fingerprint density at radius 1 is 0.839 bits per heavy atom. The largest absolute Gasteiger partial charge is 0.354 e. The molecule has 9 heteroatoms. The number of anilines is 5. The zero-order valence-corrected chi connectivity index (χ0v) is 17.7. The highest BCUT2D eigenvalue weighted by molar-refractivity contribution is 5.65. The minimum atomic E-state index is 0.513. The fourth-order valence-corrected chi connectivity index (χ4v) is 3.61. The summed E-state index contributed by atoms with van der Waals surface area (Å²) in [7, 11) is 2.15. The van der Waals surface area contributed by atoms with E-state index in [1.165, 1.54) is 0 Å². The molecule has 9 nitrogen and oxygen atoms in total. The van der Waals surface area contributed by atoms with Gasteiger partial charge in [0, 0.05) is 68.8 Å². The number of hydrogen-bond donors (Lipinski definition) is 2. The summed E-state index contributed by atoms with van der Waals surface area (Å²) in [5.41, 5.74) is 2.92. The lowest BCUT2D eigenvalue weighted by molar-refractivity contribution is 0.312. The zero-order valence-electron chi connectivity index (χ0n) is 17.7. The summed E-state index contributed by atoms with van der Waals surface area (Å²) in [5, 5.41) is 6.67. The maximum Gasteiger partial charge on any atom is 0.232 e. The van der Waals surface area contributed by atoms with Crippen LogP contribution in [0, 0.1) is 6.92 Å². The quantitative estimate of drug-likeness (QED) is 0.514. The van der Waals surface area contributed by atoms with Crippen LogP contribution < -0.4 is 15.5 Å².